The molecule has 7 heteroatoms. The molecule has 2 aromatic rings. The number of hydrogen-bond donors (Lipinski definition) is 1. The van der Waals surface area contributed by atoms with Crippen LogP contribution in [0.4, 0.5) is 19.0 Å². The molecule has 2 heterocycles. The molecule has 0 aromatic carbocycles. The van der Waals surface area contributed by atoms with Gasteiger partial charge in [-0.3, -0.25) is 9.67 Å². The first-order valence-electron chi connectivity index (χ1n) is 5.67. The third kappa shape index (κ3) is 3.46. The van der Waals surface area contributed by atoms with E-state index in [4.69, 9.17) is 0 Å². The summed E-state index contributed by atoms with van der Waals surface area (Å²) in [7, 11) is 1.59. The van der Waals surface area contributed by atoms with Crippen molar-refractivity contribution in [1.82, 2.24) is 14.8 Å². The van der Waals surface area contributed by atoms with E-state index in [0.717, 1.165) is 0 Å². The second-order valence-electron chi connectivity index (χ2n) is 4.14. The van der Waals surface area contributed by atoms with Crippen LogP contribution in [0.25, 0.3) is 0 Å². The van der Waals surface area contributed by atoms with Gasteiger partial charge in [0.2, 0.25) is 0 Å². The Hall–Kier alpha value is -2.05. The Morgan fingerprint density at radius 2 is 1.89 bits per heavy atom. The summed E-state index contributed by atoms with van der Waals surface area (Å²) in [5, 5.41) is 6.31. The number of rotatable bonds is 4. The average Bonchev–Trinajstić information content (AvgIpc) is 2.74. The molecule has 102 valence electrons. The Morgan fingerprint density at radius 1 is 1.21 bits per heavy atom. The van der Waals surface area contributed by atoms with Crippen LogP contribution >= 0.6 is 0 Å². The largest absolute Gasteiger partial charge is 0.408 e. The first-order valence-corrected chi connectivity index (χ1v) is 5.67. The van der Waals surface area contributed by atoms with Crippen molar-refractivity contribution in [1.29, 1.82) is 0 Å². The molecule has 0 spiro atoms. The molecular formula is C12H13F3N4. The van der Waals surface area contributed by atoms with Gasteiger partial charge in [-0.1, -0.05) is 0 Å². The lowest BCUT2D eigenvalue weighted by Gasteiger charge is -2.22. The smallest absolute Gasteiger partial charge is 0.359 e. The molecule has 0 aliphatic carbocycles. The van der Waals surface area contributed by atoms with E-state index in [9.17, 15) is 13.2 Å². The molecule has 2 aromatic heterocycles. The molecule has 1 atom stereocenters. The molecule has 4 nitrogen and oxygen atoms in total. The van der Waals surface area contributed by atoms with Crippen LogP contribution in [0.15, 0.2) is 36.8 Å². The molecule has 0 unspecified atom stereocenters. The van der Waals surface area contributed by atoms with E-state index >= 15 is 0 Å². The van der Waals surface area contributed by atoms with E-state index in [1.165, 1.54) is 29.3 Å². The van der Waals surface area contributed by atoms with Gasteiger partial charge in [0.25, 0.3) is 0 Å². The predicted molar refractivity (Wildman–Crippen MR) is 64.6 cm³/mol. The van der Waals surface area contributed by atoms with Gasteiger partial charge in [0.05, 0.1) is 6.20 Å². The van der Waals surface area contributed by atoms with E-state index in [2.05, 4.69) is 15.4 Å². The van der Waals surface area contributed by atoms with Crippen molar-refractivity contribution in [3.05, 3.63) is 42.4 Å². The van der Waals surface area contributed by atoms with E-state index in [1.54, 1.807) is 19.2 Å². The van der Waals surface area contributed by atoms with Crippen LogP contribution in [0.3, 0.4) is 0 Å². The third-order valence-electron chi connectivity index (χ3n) is 2.73. The number of aromatic nitrogens is 3. The van der Waals surface area contributed by atoms with Crippen molar-refractivity contribution >= 4 is 5.82 Å². The second-order valence-corrected chi connectivity index (χ2v) is 4.14. The fourth-order valence-corrected chi connectivity index (χ4v) is 1.70. The van der Waals surface area contributed by atoms with Gasteiger partial charge in [-0.2, -0.15) is 18.3 Å². The van der Waals surface area contributed by atoms with Crippen LogP contribution < -0.4 is 5.32 Å². The monoisotopic (exact) mass is 270 g/mol. The Morgan fingerprint density at radius 3 is 2.42 bits per heavy atom. The molecule has 0 saturated heterocycles. The maximum absolute atomic E-state index is 13.0. The summed E-state index contributed by atoms with van der Waals surface area (Å²) in [5.41, 5.74) is 0.576. The highest BCUT2D eigenvalue weighted by atomic mass is 19.4. The fourth-order valence-electron chi connectivity index (χ4n) is 1.70. The van der Waals surface area contributed by atoms with Gasteiger partial charge in [-0.25, -0.2) is 0 Å². The van der Waals surface area contributed by atoms with Crippen molar-refractivity contribution < 1.29 is 13.2 Å². The first kappa shape index (κ1) is 13.4. The molecule has 0 amide bonds. The number of aryl methyl sites for hydroxylation is 1. The highest BCUT2D eigenvalue weighted by molar-refractivity contribution is 5.36. The molecule has 1 N–H and O–H groups in total. The molecule has 0 radical (unpaired) electrons. The number of nitrogens with one attached hydrogen (secondary N) is 1. The lowest BCUT2D eigenvalue weighted by molar-refractivity contribution is -0.142. The summed E-state index contributed by atoms with van der Waals surface area (Å²) in [6.45, 7) is 0. The molecule has 0 saturated carbocycles. The standard InChI is InChI=1S/C12H13F3N4/c1-19-11(4-7-17-19)18-10(12(13,14)15)8-9-2-5-16-6-3-9/h2-7,10,18H,8H2,1H3/t10-/m0/s1. The highest BCUT2D eigenvalue weighted by Crippen LogP contribution is 2.26. The van der Waals surface area contributed by atoms with E-state index < -0.39 is 12.2 Å². The van der Waals surface area contributed by atoms with Crippen LogP contribution in [0.2, 0.25) is 0 Å². The Bertz CT molecular complexity index is 521. The van der Waals surface area contributed by atoms with Crippen molar-refractivity contribution in [2.45, 2.75) is 18.6 Å². The van der Waals surface area contributed by atoms with E-state index in [-0.39, 0.29) is 6.42 Å². The minimum Gasteiger partial charge on any atom is -0.359 e. The van der Waals surface area contributed by atoms with Gasteiger partial charge in [-0.05, 0) is 17.7 Å². The number of nitrogens with zero attached hydrogens (tertiary/aromatic N) is 3. The van der Waals surface area contributed by atoms with Crippen LogP contribution in [0.1, 0.15) is 5.56 Å². The van der Waals surface area contributed by atoms with Crippen molar-refractivity contribution in [2.24, 2.45) is 7.05 Å². The lowest BCUT2D eigenvalue weighted by atomic mass is 10.1. The first-order chi connectivity index (χ1) is 8.97. The van der Waals surface area contributed by atoms with Gasteiger partial charge >= 0.3 is 6.18 Å². The van der Waals surface area contributed by atoms with E-state index in [0.29, 0.717) is 11.4 Å². The van der Waals surface area contributed by atoms with Gasteiger partial charge < -0.3 is 5.32 Å². The molecular weight excluding hydrogens is 257 g/mol. The average molecular weight is 270 g/mol. The molecule has 2 rings (SSSR count). The predicted octanol–water partition coefficient (Wildman–Crippen LogP) is 2.40. The molecule has 0 aliphatic heterocycles. The van der Waals surface area contributed by atoms with Gasteiger partial charge in [-0.15, -0.1) is 0 Å². The number of pyridine rings is 1. The lowest BCUT2D eigenvalue weighted by Crippen LogP contribution is -2.38. The maximum atomic E-state index is 13.0. The summed E-state index contributed by atoms with van der Waals surface area (Å²) >= 11 is 0. The Kier molecular flexibility index (Phi) is 3.73. The maximum Gasteiger partial charge on any atom is 0.408 e. The minimum absolute atomic E-state index is 0.156. The summed E-state index contributed by atoms with van der Waals surface area (Å²) in [4.78, 5) is 3.79. The van der Waals surface area contributed by atoms with Crippen LogP contribution in [0, 0.1) is 0 Å². The summed E-state index contributed by atoms with van der Waals surface area (Å²) in [6.07, 6.45) is -0.0906. The zero-order valence-electron chi connectivity index (χ0n) is 10.2. The van der Waals surface area contributed by atoms with Crippen molar-refractivity contribution in [2.75, 3.05) is 5.32 Å². The summed E-state index contributed by atoms with van der Waals surface area (Å²) in [6, 6.07) is 2.99. The zero-order valence-corrected chi connectivity index (χ0v) is 10.2. The van der Waals surface area contributed by atoms with Crippen molar-refractivity contribution in [3.8, 4) is 0 Å². The summed E-state index contributed by atoms with van der Waals surface area (Å²) in [5.74, 6) is 0.330. The number of anilines is 1. The van der Waals surface area contributed by atoms with Gasteiger partial charge in [0.15, 0.2) is 0 Å². The number of halogens is 3. The molecule has 0 bridgehead atoms. The van der Waals surface area contributed by atoms with Gasteiger partial charge in [0.1, 0.15) is 11.9 Å². The van der Waals surface area contributed by atoms with Crippen LogP contribution in [0.5, 0.6) is 0 Å². The van der Waals surface area contributed by atoms with Gasteiger partial charge in [0, 0.05) is 31.9 Å². The molecule has 0 fully saturated rings. The topological polar surface area (TPSA) is 42.7 Å². The van der Waals surface area contributed by atoms with Crippen LogP contribution in [-0.2, 0) is 13.5 Å². The highest BCUT2D eigenvalue weighted by Gasteiger charge is 2.39. The summed E-state index contributed by atoms with van der Waals surface area (Å²) < 4.78 is 40.4. The quantitative estimate of drug-likeness (QED) is 0.927. The molecule has 19 heavy (non-hydrogen) atoms. The normalized spacial score (nSPS) is 13.3. The second kappa shape index (κ2) is 5.29. The number of alkyl halides is 3. The third-order valence-corrected chi connectivity index (χ3v) is 2.73. The fraction of sp³-hybridized carbons (Fsp3) is 0.333. The van der Waals surface area contributed by atoms with Crippen molar-refractivity contribution in [3.63, 3.8) is 0 Å². The Balaban J connectivity index is 2.16. The van der Waals surface area contributed by atoms with Crippen LogP contribution in [-0.4, -0.2) is 27.0 Å². The SMILES string of the molecule is Cn1nccc1N[C@@H](Cc1ccncc1)C(F)(F)F. The molecule has 0 aliphatic rings. The van der Waals surface area contributed by atoms with E-state index in [1.807, 2.05) is 0 Å². The minimum atomic E-state index is -4.34. The Labute approximate surface area is 108 Å². The zero-order chi connectivity index (χ0) is 13.9. The number of hydrogen-bond acceptors (Lipinski definition) is 3.